The maximum absolute atomic E-state index is 12.3. The quantitative estimate of drug-likeness (QED) is 0.946. The monoisotopic (exact) mass is 317 g/mol. The van der Waals surface area contributed by atoms with Crippen LogP contribution < -0.4 is 5.56 Å². The van der Waals surface area contributed by atoms with Gasteiger partial charge in [0.2, 0.25) is 0 Å². The number of fused-ring (bicyclic) bond motifs is 1. The fourth-order valence-corrected chi connectivity index (χ4v) is 2.88. The minimum Gasteiger partial charge on any atom is -0.310 e. The lowest BCUT2D eigenvalue weighted by Gasteiger charge is -2.28. The zero-order valence-electron chi connectivity index (χ0n) is 12.9. The van der Waals surface area contributed by atoms with Crippen LogP contribution in [0.5, 0.6) is 0 Å². The van der Waals surface area contributed by atoms with Crippen LogP contribution in [-0.4, -0.2) is 21.4 Å². The van der Waals surface area contributed by atoms with Gasteiger partial charge in [0.15, 0.2) is 0 Å². The first-order valence-electron chi connectivity index (χ1n) is 7.61. The predicted molar refractivity (Wildman–Crippen MR) is 88.2 cm³/mol. The van der Waals surface area contributed by atoms with Crippen molar-refractivity contribution in [3.05, 3.63) is 62.3 Å². The van der Waals surface area contributed by atoms with Gasteiger partial charge in [0.25, 0.3) is 5.56 Å². The van der Waals surface area contributed by atoms with E-state index in [1.807, 2.05) is 38.1 Å². The van der Waals surface area contributed by atoms with Crippen molar-refractivity contribution in [3.8, 4) is 0 Å². The van der Waals surface area contributed by atoms with Crippen molar-refractivity contribution in [3.63, 3.8) is 0 Å². The summed E-state index contributed by atoms with van der Waals surface area (Å²) in [7, 11) is 0. The van der Waals surface area contributed by atoms with Crippen molar-refractivity contribution in [1.29, 1.82) is 0 Å². The third kappa shape index (κ3) is 3.23. The maximum Gasteiger partial charge on any atom is 0.255 e. The van der Waals surface area contributed by atoms with E-state index in [0.29, 0.717) is 6.54 Å². The number of hydrogen-bond acceptors (Lipinski definition) is 3. The van der Waals surface area contributed by atoms with Crippen LogP contribution >= 0.6 is 11.6 Å². The normalized spacial score (nSPS) is 15.1. The van der Waals surface area contributed by atoms with Crippen LogP contribution in [0.15, 0.2) is 29.1 Å². The van der Waals surface area contributed by atoms with Gasteiger partial charge >= 0.3 is 0 Å². The molecule has 1 aromatic carbocycles. The number of benzene rings is 1. The van der Waals surface area contributed by atoms with Gasteiger partial charge in [0, 0.05) is 37.0 Å². The summed E-state index contributed by atoms with van der Waals surface area (Å²) in [6.07, 6.45) is 0.826. The lowest BCUT2D eigenvalue weighted by molar-refractivity contribution is 0.241. The van der Waals surface area contributed by atoms with E-state index in [0.717, 1.165) is 41.6 Å². The van der Waals surface area contributed by atoms with Crippen LogP contribution in [0.2, 0.25) is 5.02 Å². The molecule has 0 fully saturated rings. The van der Waals surface area contributed by atoms with Crippen molar-refractivity contribution in [2.24, 2.45) is 0 Å². The topological polar surface area (TPSA) is 49.0 Å². The summed E-state index contributed by atoms with van der Waals surface area (Å²) in [5.74, 6) is 1.03. The van der Waals surface area contributed by atoms with Gasteiger partial charge in [0.05, 0.1) is 11.3 Å². The molecule has 0 unspecified atom stereocenters. The summed E-state index contributed by atoms with van der Waals surface area (Å²) in [5.41, 5.74) is 2.98. The first kappa shape index (κ1) is 15.3. The van der Waals surface area contributed by atoms with E-state index >= 15 is 0 Å². The van der Waals surface area contributed by atoms with Gasteiger partial charge in [0.1, 0.15) is 5.82 Å². The first-order valence-corrected chi connectivity index (χ1v) is 7.99. The Balaban J connectivity index is 1.79. The molecule has 2 aromatic rings. The molecule has 1 N–H and O–H groups in total. The fourth-order valence-electron chi connectivity index (χ4n) is 2.76. The molecule has 0 atom stereocenters. The number of nitrogens with zero attached hydrogens (tertiary/aromatic N) is 2. The Morgan fingerprint density at radius 1 is 1.32 bits per heavy atom. The highest BCUT2D eigenvalue weighted by Gasteiger charge is 2.21. The molecule has 0 saturated carbocycles. The maximum atomic E-state index is 12.3. The molecular weight excluding hydrogens is 298 g/mol. The third-order valence-corrected chi connectivity index (χ3v) is 4.28. The van der Waals surface area contributed by atoms with Gasteiger partial charge in [-0.25, -0.2) is 4.98 Å². The highest BCUT2D eigenvalue weighted by molar-refractivity contribution is 6.30. The molecule has 0 bridgehead atoms. The standard InChI is InChI=1S/C17H20ClN3O/c1-11(2)16-19-15-7-8-21(10-14(15)17(22)20-16)9-12-3-5-13(18)6-4-12/h3-6,11H,7-10H2,1-2H3,(H,19,20,22). The number of aromatic nitrogens is 2. The van der Waals surface area contributed by atoms with Crippen molar-refractivity contribution >= 4 is 11.6 Å². The Bertz CT molecular complexity index is 722. The number of halogens is 1. The van der Waals surface area contributed by atoms with Gasteiger partial charge in [-0.1, -0.05) is 37.6 Å². The second-order valence-electron chi connectivity index (χ2n) is 6.12. The Morgan fingerprint density at radius 3 is 2.73 bits per heavy atom. The fraction of sp³-hybridized carbons (Fsp3) is 0.412. The van der Waals surface area contributed by atoms with E-state index in [4.69, 9.17) is 11.6 Å². The molecule has 0 spiro atoms. The summed E-state index contributed by atoms with van der Waals surface area (Å²) in [5, 5.41) is 0.745. The molecule has 116 valence electrons. The zero-order chi connectivity index (χ0) is 15.7. The van der Waals surface area contributed by atoms with E-state index in [-0.39, 0.29) is 11.5 Å². The van der Waals surface area contributed by atoms with Crippen LogP contribution in [0.25, 0.3) is 0 Å². The van der Waals surface area contributed by atoms with E-state index < -0.39 is 0 Å². The molecule has 0 saturated heterocycles. The van der Waals surface area contributed by atoms with Crippen molar-refractivity contribution < 1.29 is 0 Å². The molecule has 0 amide bonds. The average Bonchev–Trinajstić information content (AvgIpc) is 2.50. The summed E-state index contributed by atoms with van der Waals surface area (Å²) >= 11 is 5.92. The molecule has 4 nitrogen and oxygen atoms in total. The molecule has 1 aliphatic rings. The molecule has 0 radical (unpaired) electrons. The number of nitrogens with one attached hydrogen (secondary N) is 1. The van der Waals surface area contributed by atoms with E-state index in [1.165, 1.54) is 5.56 Å². The van der Waals surface area contributed by atoms with E-state index in [1.54, 1.807) is 0 Å². The molecule has 0 aliphatic carbocycles. The highest BCUT2D eigenvalue weighted by atomic mass is 35.5. The molecule has 5 heteroatoms. The number of hydrogen-bond donors (Lipinski definition) is 1. The largest absolute Gasteiger partial charge is 0.310 e. The van der Waals surface area contributed by atoms with Gasteiger partial charge in [-0.15, -0.1) is 0 Å². The Hall–Kier alpha value is -1.65. The summed E-state index contributed by atoms with van der Waals surface area (Å²) in [4.78, 5) is 22.1. The summed E-state index contributed by atoms with van der Waals surface area (Å²) in [6.45, 7) is 6.48. The second-order valence-corrected chi connectivity index (χ2v) is 6.55. The van der Waals surface area contributed by atoms with Crippen LogP contribution in [0.3, 0.4) is 0 Å². The van der Waals surface area contributed by atoms with Gasteiger partial charge in [-0.3, -0.25) is 9.69 Å². The second kappa shape index (κ2) is 6.23. The molecule has 1 aromatic heterocycles. The number of aromatic amines is 1. The Morgan fingerprint density at radius 2 is 2.05 bits per heavy atom. The number of H-pyrrole nitrogens is 1. The number of rotatable bonds is 3. The predicted octanol–water partition coefficient (Wildman–Crippen LogP) is 3.11. The lowest BCUT2D eigenvalue weighted by Crippen LogP contribution is -2.35. The SMILES string of the molecule is CC(C)c1nc2c(c(=O)[nH]1)CN(Cc1ccc(Cl)cc1)CC2. The van der Waals surface area contributed by atoms with Crippen LogP contribution in [0.1, 0.15) is 42.4 Å². The highest BCUT2D eigenvalue weighted by Crippen LogP contribution is 2.19. The van der Waals surface area contributed by atoms with Gasteiger partial charge < -0.3 is 4.98 Å². The van der Waals surface area contributed by atoms with Gasteiger partial charge in [-0.05, 0) is 17.7 Å². The van der Waals surface area contributed by atoms with Crippen molar-refractivity contribution in [1.82, 2.24) is 14.9 Å². The third-order valence-electron chi connectivity index (χ3n) is 4.03. The molecule has 22 heavy (non-hydrogen) atoms. The van der Waals surface area contributed by atoms with E-state index in [9.17, 15) is 4.79 Å². The Kier molecular flexibility index (Phi) is 4.32. The zero-order valence-corrected chi connectivity index (χ0v) is 13.7. The Labute approximate surface area is 135 Å². The molecular formula is C17H20ClN3O. The minimum absolute atomic E-state index is 0.00880. The first-order chi connectivity index (χ1) is 10.5. The smallest absolute Gasteiger partial charge is 0.255 e. The van der Waals surface area contributed by atoms with E-state index in [2.05, 4.69) is 14.9 Å². The van der Waals surface area contributed by atoms with Gasteiger partial charge in [-0.2, -0.15) is 0 Å². The van der Waals surface area contributed by atoms with Crippen LogP contribution in [-0.2, 0) is 19.5 Å². The summed E-state index contributed by atoms with van der Waals surface area (Å²) < 4.78 is 0. The van der Waals surface area contributed by atoms with Crippen LogP contribution in [0, 0.1) is 0 Å². The summed E-state index contributed by atoms with van der Waals surface area (Å²) in [6, 6.07) is 7.86. The van der Waals surface area contributed by atoms with Crippen molar-refractivity contribution in [2.45, 2.75) is 39.3 Å². The van der Waals surface area contributed by atoms with Crippen LogP contribution in [0.4, 0.5) is 0 Å². The minimum atomic E-state index is 0.00880. The lowest BCUT2D eigenvalue weighted by atomic mass is 10.0. The average molecular weight is 318 g/mol. The molecule has 2 heterocycles. The molecule has 1 aliphatic heterocycles. The van der Waals surface area contributed by atoms with Crippen molar-refractivity contribution in [2.75, 3.05) is 6.54 Å². The molecule has 3 rings (SSSR count).